The zero-order valence-electron chi connectivity index (χ0n) is 11.3. The lowest BCUT2D eigenvalue weighted by molar-refractivity contribution is 0.0301. The molecule has 6 heteroatoms. The summed E-state index contributed by atoms with van der Waals surface area (Å²) in [5.41, 5.74) is 6.19. The molecule has 0 spiro atoms. The number of aromatic nitrogens is 1. The Hall–Kier alpha value is -2.47. The number of nitrogens with zero attached hydrogens (tertiary/aromatic N) is 2. The van der Waals surface area contributed by atoms with Crippen LogP contribution < -0.4 is 5.73 Å². The van der Waals surface area contributed by atoms with Crippen LogP contribution in [0.25, 0.3) is 10.9 Å². The molecular weight excluding hydrogens is 270 g/mol. The Bertz CT molecular complexity index is 708. The quantitative estimate of drug-likeness (QED) is 0.875. The SMILES string of the molecule is NC(=O)c1nc2c[c]ccc2cc1C(=O)N1CCOCC1. The van der Waals surface area contributed by atoms with Crippen LogP contribution in [0, 0.1) is 6.07 Å². The van der Waals surface area contributed by atoms with Gasteiger partial charge in [0.15, 0.2) is 0 Å². The van der Waals surface area contributed by atoms with Gasteiger partial charge in [-0.3, -0.25) is 9.59 Å². The summed E-state index contributed by atoms with van der Waals surface area (Å²) in [6.07, 6.45) is 0. The van der Waals surface area contributed by atoms with E-state index in [-0.39, 0.29) is 17.2 Å². The fraction of sp³-hybridized carbons (Fsp3) is 0.267. The van der Waals surface area contributed by atoms with Crippen LogP contribution in [-0.4, -0.2) is 48.0 Å². The van der Waals surface area contributed by atoms with E-state index in [0.717, 1.165) is 5.39 Å². The van der Waals surface area contributed by atoms with Crippen molar-refractivity contribution in [2.45, 2.75) is 0 Å². The van der Waals surface area contributed by atoms with E-state index in [2.05, 4.69) is 11.1 Å². The molecule has 0 bridgehead atoms. The van der Waals surface area contributed by atoms with E-state index in [1.165, 1.54) is 0 Å². The maximum Gasteiger partial charge on any atom is 0.268 e. The molecule has 1 fully saturated rings. The largest absolute Gasteiger partial charge is 0.378 e. The number of primary amides is 1. The third-order valence-corrected chi connectivity index (χ3v) is 3.42. The predicted octanol–water partition coefficient (Wildman–Crippen LogP) is 0.606. The maximum atomic E-state index is 12.6. The van der Waals surface area contributed by atoms with Crippen LogP contribution in [0.3, 0.4) is 0 Å². The summed E-state index contributed by atoms with van der Waals surface area (Å²) in [6, 6.07) is 9.73. The molecule has 1 aromatic carbocycles. The number of carbonyl (C=O) groups is 2. The van der Waals surface area contributed by atoms with Crippen LogP contribution >= 0.6 is 0 Å². The lowest BCUT2D eigenvalue weighted by atomic mass is 10.1. The van der Waals surface area contributed by atoms with Gasteiger partial charge >= 0.3 is 0 Å². The number of rotatable bonds is 2. The van der Waals surface area contributed by atoms with Crippen molar-refractivity contribution in [3.63, 3.8) is 0 Å². The third kappa shape index (κ3) is 2.57. The van der Waals surface area contributed by atoms with Gasteiger partial charge in [0.1, 0.15) is 5.69 Å². The van der Waals surface area contributed by atoms with Gasteiger partial charge in [0, 0.05) is 18.5 Å². The number of carbonyl (C=O) groups excluding carboxylic acids is 2. The number of amides is 2. The summed E-state index contributed by atoms with van der Waals surface area (Å²) in [5.74, 6) is -0.952. The first-order valence-corrected chi connectivity index (χ1v) is 6.64. The molecule has 0 unspecified atom stereocenters. The molecule has 21 heavy (non-hydrogen) atoms. The summed E-state index contributed by atoms with van der Waals surface area (Å²) < 4.78 is 5.23. The van der Waals surface area contributed by atoms with Crippen molar-refractivity contribution < 1.29 is 14.3 Å². The smallest absolute Gasteiger partial charge is 0.268 e. The van der Waals surface area contributed by atoms with Crippen molar-refractivity contribution in [3.05, 3.63) is 41.6 Å². The van der Waals surface area contributed by atoms with Gasteiger partial charge in [-0.2, -0.15) is 0 Å². The molecule has 2 amide bonds. The van der Waals surface area contributed by atoms with E-state index in [4.69, 9.17) is 10.5 Å². The van der Waals surface area contributed by atoms with Gasteiger partial charge < -0.3 is 15.4 Å². The molecular formula is C15H14N3O3. The Morgan fingerprint density at radius 2 is 2.10 bits per heavy atom. The number of nitrogens with two attached hydrogens (primary N) is 1. The van der Waals surface area contributed by atoms with Crippen LogP contribution in [0.5, 0.6) is 0 Å². The summed E-state index contributed by atoms with van der Waals surface area (Å²) in [7, 11) is 0. The molecule has 1 saturated heterocycles. The summed E-state index contributed by atoms with van der Waals surface area (Å²) in [5, 5.41) is 0.773. The van der Waals surface area contributed by atoms with E-state index in [1.807, 2.05) is 0 Å². The van der Waals surface area contributed by atoms with Crippen molar-refractivity contribution in [1.29, 1.82) is 0 Å². The maximum absolute atomic E-state index is 12.6. The first-order chi connectivity index (χ1) is 10.2. The van der Waals surface area contributed by atoms with E-state index in [0.29, 0.717) is 31.8 Å². The number of fused-ring (bicyclic) bond motifs is 1. The molecule has 3 rings (SSSR count). The second-order valence-corrected chi connectivity index (χ2v) is 4.77. The van der Waals surface area contributed by atoms with Crippen molar-refractivity contribution in [2.75, 3.05) is 26.3 Å². The molecule has 2 aromatic rings. The summed E-state index contributed by atoms with van der Waals surface area (Å²) >= 11 is 0. The predicted molar refractivity (Wildman–Crippen MR) is 75.8 cm³/mol. The molecule has 0 saturated carbocycles. The number of pyridine rings is 1. The average Bonchev–Trinajstić information content (AvgIpc) is 2.53. The van der Waals surface area contributed by atoms with Gasteiger partial charge in [-0.25, -0.2) is 4.98 Å². The van der Waals surface area contributed by atoms with Crippen molar-refractivity contribution in [1.82, 2.24) is 9.88 Å². The third-order valence-electron chi connectivity index (χ3n) is 3.42. The second kappa shape index (κ2) is 5.49. The van der Waals surface area contributed by atoms with Gasteiger partial charge in [-0.15, -0.1) is 0 Å². The van der Waals surface area contributed by atoms with Crippen LogP contribution in [0.1, 0.15) is 20.8 Å². The summed E-state index contributed by atoms with van der Waals surface area (Å²) in [4.78, 5) is 30.0. The monoisotopic (exact) mass is 284 g/mol. The van der Waals surface area contributed by atoms with E-state index in [1.54, 1.807) is 29.2 Å². The van der Waals surface area contributed by atoms with Crippen LogP contribution in [0.2, 0.25) is 0 Å². The first kappa shape index (κ1) is 13.5. The highest BCUT2D eigenvalue weighted by molar-refractivity contribution is 6.07. The Morgan fingerprint density at radius 1 is 1.33 bits per heavy atom. The van der Waals surface area contributed by atoms with Gasteiger partial charge in [0.05, 0.1) is 24.3 Å². The molecule has 0 aliphatic carbocycles. The average molecular weight is 284 g/mol. The fourth-order valence-corrected chi connectivity index (χ4v) is 2.34. The van der Waals surface area contributed by atoms with E-state index < -0.39 is 5.91 Å². The molecule has 2 heterocycles. The minimum absolute atomic E-state index is 0.00130. The highest BCUT2D eigenvalue weighted by atomic mass is 16.5. The van der Waals surface area contributed by atoms with Gasteiger partial charge in [0.2, 0.25) is 0 Å². The number of benzene rings is 1. The van der Waals surface area contributed by atoms with Gasteiger partial charge in [0.25, 0.3) is 11.8 Å². The summed E-state index contributed by atoms with van der Waals surface area (Å²) in [6.45, 7) is 1.98. The second-order valence-electron chi connectivity index (χ2n) is 4.77. The minimum Gasteiger partial charge on any atom is -0.378 e. The fourth-order valence-electron chi connectivity index (χ4n) is 2.34. The lowest BCUT2D eigenvalue weighted by Gasteiger charge is -2.27. The Morgan fingerprint density at radius 3 is 2.81 bits per heavy atom. The van der Waals surface area contributed by atoms with Crippen molar-refractivity contribution in [3.8, 4) is 0 Å². The highest BCUT2D eigenvalue weighted by Gasteiger charge is 2.24. The molecule has 6 nitrogen and oxygen atoms in total. The van der Waals surface area contributed by atoms with Crippen LogP contribution in [0.4, 0.5) is 0 Å². The molecule has 0 atom stereocenters. The van der Waals surface area contributed by atoms with Crippen LogP contribution in [-0.2, 0) is 4.74 Å². The lowest BCUT2D eigenvalue weighted by Crippen LogP contribution is -2.41. The standard InChI is InChI=1S/C15H14N3O3/c16-14(19)13-11(15(20)18-5-7-21-8-6-18)9-10-3-1-2-4-12(10)17-13/h1,3-4,9H,5-8H2,(H2,16,19). The number of hydrogen-bond donors (Lipinski definition) is 1. The Balaban J connectivity index is 2.08. The molecule has 2 N–H and O–H groups in total. The zero-order chi connectivity index (χ0) is 14.8. The molecule has 1 radical (unpaired) electrons. The van der Waals surface area contributed by atoms with E-state index in [9.17, 15) is 9.59 Å². The van der Waals surface area contributed by atoms with Crippen molar-refractivity contribution >= 4 is 22.7 Å². The number of ether oxygens (including phenoxy) is 1. The van der Waals surface area contributed by atoms with E-state index >= 15 is 0 Å². The highest BCUT2D eigenvalue weighted by Crippen LogP contribution is 2.18. The van der Waals surface area contributed by atoms with Gasteiger partial charge in [-0.05, 0) is 18.2 Å². The molecule has 1 aliphatic heterocycles. The zero-order valence-corrected chi connectivity index (χ0v) is 11.3. The van der Waals surface area contributed by atoms with Crippen LogP contribution in [0.15, 0.2) is 24.3 Å². The number of morpholine rings is 1. The van der Waals surface area contributed by atoms with Crippen molar-refractivity contribution in [2.24, 2.45) is 5.73 Å². The first-order valence-electron chi connectivity index (χ1n) is 6.64. The Labute approximate surface area is 121 Å². The topological polar surface area (TPSA) is 85.5 Å². The molecule has 107 valence electrons. The minimum atomic E-state index is -0.711. The molecule has 1 aliphatic rings. The normalized spacial score (nSPS) is 15.1. The molecule has 1 aromatic heterocycles. The Kier molecular flexibility index (Phi) is 3.53. The van der Waals surface area contributed by atoms with Gasteiger partial charge in [-0.1, -0.05) is 12.1 Å². The number of hydrogen-bond acceptors (Lipinski definition) is 4.